The topological polar surface area (TPSA) is 86.8 Å². The Kier molecular flexibility index (Phi) is 10.2. The molecule has 0 radical (unpaired) electrons. The fraction of sp³-hybridized carbons (Fsp3) is 0.588. The number of benzene rings is 2. The van der Waals surface area contributed by atoms with Gasteiger partial charge in [0.2, 0.25) is 21.8 Å². The third-order valence-electron chi connectivity index (χ3n) is 10.0. The smallest absolute Gasteiger partial charge is 0.244 e. The van der Waals surface area contributed by atoms with Crippen molar-refractivity contribution in [2.45, 2.75) is 89.6 Å². The minimum Gasteiger partial charge on any atom is -0.354 e. The molecule has 0 unspecified atom stereocenters. The van der Waals surface area contributed by atoms with E-state index >= 15 is 0 Å². The lowest BCUT2D eigenvalue weighted by atomic mass is 9.48. The first-order chi connectivity index (χ1) is 20.9. The Hall–Kier alpha value is -2.29. The van der Waals surface area contributed by atoms with Gasteiger partial charge in [0.05, 0.1) is 22.0 Å². The van der Waals surface area contributed by atoms with E-state index in [9.17, 15) is 18.0 Å². The van der Waals surface area contributed by atoms with Crippen molar-refractivity contribution < 1.29 is 18.0 Å². The third kappa shape index (κ3) is 7.23. The van der Waals surface area contributed by atoms with Gasteiger partial charge in [-0.05, 0) is 110 Å². The van der Waals surface area contributed by atoms with Crippen molar-refractivity contribution in [1.82, 2.24) is 10.2 Å². The summed E-state index contributed by atoms with van der Waals surface area (Å²) in [6, 6.07) is 12.1. The lowest BCUT2D eigenvalue weighted by Gasteiger charge is -2.57. The first kappa shape index (κ1) is 33.1. The van der Waals surface area contributed by atoms with Crippen molar-refractivity contribution >= 4 is 50.7 Å². The lowest BCUT2D eigenvalue weighted by Crippen LogP contribution is -2.52. The Morgan fingerprint density at radius 1 is 0.955 bits per heavy atom. The summed E-state index contributed by atoms with van der Waals surface area (Å²) in [7, 11) is -3.81. The van der Waals surface area contributed by atoms with Crippen LogP contribution in [0.15, 0.2) is 42.5 Å². The molecule has 1 atom stereocenters. The summed E-state index contributed by atoms with van der Waals surface area (Å²) in [5, 5.41) is 3.67. The number of unbranched alkanes of at least 4 members (excludes halogenated alkanes) is 1. The number of sulfonamides is 1. The number of rotatable bonds is 13. The van der Waals surface area contributed by atoms with Crippen LogP contribution < -0.4 is 9.62 Å². The van der Waals surface area contributed by atoms with Gasteiger partial charge in [-0.3, -0.25) is 13.9 Å². The first-order valence-electron chi connectivity index (χ1n) is 16.0. The van der Waals surface area contributed by atoms with Crippen molar-refractivity contribution in [2.24, 2.45) is 17.8 Å². The summed E-state index contributed by atoms with van der Waals surface area (Å²) in [6.45, 7) is 4.05. The molecule has 7 nitrogen and oxygen atoms in total. The Morgan fingerprint density at radius 3 is 2.09 bits per heavy atom. The average Bonchev–Trinajstić information content (AvgIpc) is 2.96. The minimum absolute atomic E-state index is 0.0813. The highest BCUT2D eigenvalue weighted by molar-refractivity contribution is 7.92. The highest BCUT2D eigenvalue weighted by atomic mass is 35.5. The Labute approximate surface area is 272 Å². The molecule has 0 spiro atoms. The van der Waals surface area contributed by atoms with Crippen LogP contribution in [0.2, 0.25) is 10.0 Å². The van der Waals surface area contributed by atoms with Gasteiger partial charge in [-0.15, -0.1) is 0 Å². The van der Waals surface area contributed by atoms with Crippen LogP contribution in [-0.2, 0) is 31.6 Å². The standard InChI is InChI=1S/C34H45Cl2N3O4S/c1-4-6-13-37-33(41)31(5-2)38(21-23-7-12-29(35)30(36)17-23)32(40)22-39(44(3,42)43)28-10-8-27(9-11-28)34-18-24-14-25(19-34)16-26(15-24)20-34/h7-12,17,24-26,31H,4-6,13-16,18-22H2,1-3H3,(H,37,41)/t24?,25?,26?,31-,34?/m0/s1. The zero-order chi connectivity index (χ0) is 31.6. The van der Waals surface area contributed by atoms with Crippen molar-refractivity contribution in [3.05, 3.63) is 63.6 Å². The van der Waals surface area contributed by atoms with Gasteiger partial charge in [0, 0.05) is 13.1 Å². The maximum Gasteiger partial charge on any atom is 0.244 e. The molecule has 4 saturated carbocycles. The van der Waals surface area contributed by atoms with Crippen LogP contribution >= 0.6 is 23.2 Å². The highest BCUT2D eigenvalue weighted by Gasteiger charge is 2.51. The quantitative estimate of drug-likeness (QED) is 0.235. The summed E-state index contributed by atoms with van der Waals surface area (Å²) < 4.78 is 27.4. The predicted molar refractivity (Wildman–Crippen MR) is 177 cm³/mol. The number of anilines is 1. The van der Waals surface area contributed by atoms with Crippen LogP contribution in [0.1, 0.15) is 82.8 Å². The number of hydrogen-bond donors (Lipinski definition) is 1. The largest absolute Gasteiger partial charge is 0.354 e. The van der Waals surface area contributed by atoms with E-state index in [0.29, 0.717) is 34.3 Å². The molecule has 0 heterocycles. The van der Waals surface area contributed by atoms with Crippen LogP contribution in [0.4, 0.5) is 5.69 Å². The molecule has 4 aliphatic rings. The fourth-order valence-electron chi connectivity index (χ4n) is 8.32. The summed E-state index contributed by atoms with van der Waals surface area (Å²) in [6.07, 6.45) is 11.0. The number of nitrogens with zero attached hydrogens (tertiary/aromatic N) is 2. The van der Waals surface area contributed by atoms with Crippen LogP contribution in [0, 0.1) is 17.8 Å². The molecule has 4 fully saturated rings. The minimum atomic E-state index is -3.81. The van der Waals surface area contributed by atoms with Crippen molar-refractivity contribution in [1.29, 1.82) is 0 Å². The first-order valence-corrected chi connectivity index (χ1v) is 18.6. The second kappa shape index (κ2) is 13.6. The van der Waals surface area contributed by atoms with Crippen molar-refractivity contribution in [3.63, 3.8) is 0 Å². The second-order valence-corrected chi connectivity index (χ2v) is 16.1. The highest BCUT2D eigenvalue weighted by Crippen LogP contribution is 2.60. The summed E-state index contributed by atoms with van der Waals surface area (Å²) in [4.78, 5) is 28.8. The number of nitrogens with one attached hydrogen (secondary N) is 1. The Bertz CT molecular complexity index is 1430. The molecule has 4 aliphatic carbocycles. The monoisotopic (exact) mass is 661 g/mol. The number of hydrogen-bond acceptors (Lipinski definition) is 4. The van der Waals surface area contributed by atoms with E-state index in [1.807, 2.05) is 26.0 Å². The molecule has 240 valence electrons. The molecular weight excluding hydrogens is 617 g/mol. The molecule has 6 rings (SSSR count). The van der Waals surface area contributed by atoms with Gasteiger partial charge < -0.3 is 10.2 Å². The van der Waals surface area contributed by atoms with E-state index in [0.717, 1.165) is 41.2 Å². The molecule has 2 aromatic rings. The van der Waals surface area contributed by atoms with Crippen LogP contribution in [-0.4, -0.2) is 50.5 Å². The summed E-state index contributed by atoms with van der Waals surface area (Å²) >= 11 is 12.4. The van der Waals surface area contributed by atoms with Gasteiger partial charge in [-0.2, -0.15) is 0 Å². The molecule has 0 aromatic heterocycles. The fourth-order valence-corrected chi connectivity index (χ4v) is 9.49. The molecule has 10 heteroatoms. The third-order valence-corrected chi connectivity index (χ3v) is 11.9. The summed E-state index contributed by atoms with van der Waals surface area (Å²) in [5.74, 6) is 1.68. The molecule has 2 aromatic carbocycles. The predicted octanol–water partition coefficient (Wildman–Crippen LogP) is 6.95. The molecule has 2 amide bonds. The molecule has 0 aliphatic heterocycles. The van der Waals surface area contributed by atoms with Gasteiger partial charge in [-0.25, -0.2) is 8.42 Å². The van der Waals surface area contributed by atoms with Gasteiger partial charge in [0.1, 0.15) is 12.6 Å². The van der Waals surface area contributed by atoms with Gasteiger partial charge in [0.15, 0.2) is 0 Å². The van der Waals surface area contributed by atoms with E-state index in [-0.39, 0.29) is 17.9 Å². The number of carbonyl (C=O) groups is 2. The molecular formula is C34H45Cl2N3O4S. The van der Waals surface area contributed by atoms with Crippen LogP contribution in [0.25, 0.3) is 0 Å². The Morgan fingerprint density at radius 2 is 1.57 bits per heavy atom. The number of amides is 2. The molecule has 1 N–H and O–H groups in total. The normalized spacial score (nSPS) is 24.6. The SMILES string of the molecule is CCCCNC(=O)[C@H](CC)N(Cc1ccc(Cl)c(Cl)c1)C(=O)CN(c1ccc(C23CC4CC(CC(C4)C2)C3)cc1)S(C)(=O)=O. The van der Waals surface area contributed by atoms with E-state index in [4.69, 9.17) is 23.2 Å². The van der Waals surface area contributed by atoms with E-state index in [2.05, 4.69) is 17.4 Å². The maximum atomic E-state index is 14.0. The van der Waals surface area contributed by atoms with Gasteiger partial charge in [-0.1, -0.05) is 61.7 Å². The molecule has 4 bridgehead atoms. The van der Waals surface area contributed by atoms with Gasteiger partial charge >= 0.3 is 0 Å². The van der Waals surface area contributed by atoms with E-state index in [1.54, 1.807) is 18.2 Å². The molecule has 44 heavy (non-hydrogen) atoms. The zero-order valence-corrected chi connectivity index (χ0v) is 28.4. The summed E-state index contributed by atoms with van der Waals surface area (Å²) in [5.41, 5.74) is 2.62. The van der Waals surface area contributed by atoms with Crippen LogP contribution in [0.5, 0.6) is 0 Å². The second-order valence-electron chi connectivity index (χ2n) is 13.4. The number of halogens is 2. The van der Waals surface area contributed by atoms with Crippen molar-refractivity contribution in [3.8, 4) is 0 Å². The lowest BCUT2D eigenvalue weighted by molar-refractivity contribution is -0.140. The Balaban J connectivity index is 1.40. The van der Waals surface area contributed by atoms with E-state index < -0.39 is 28.5 Å². The van der Waals surface area contributed by atoms with Crippen LogP contribution in [0.3, 0.4) is 0 Å². The van der Waals surface area contributed by atoms with E-state index in [1.165, 1.54) is 49.0 Å². The van der Waals surface area contributed by atoms with Crippen molar-refractivity contribution in [2.75, 3.05) is 23.7 Å². The number of carbonyl (C=O) groups excluding carboxylic acids is 2. The zero-order valence-electron chi connectivity index (χ0n) is 26.0. The average molecular weight is 663 g/mol. The maximum absolute atomic E-state index is 14.0. The van der Waals surface area contributed by atoms with Gasteiger partial charge in [0.25, 0.3) is 0 Å². The molecule has 0 saturated heterocycles.